The molecule has 5 nitrogen and oxygen atoms in total. The summed E-state index contributed by atoms with van der Waals surface area (Å²) < 4.78 is 0. The van der Waals surface area contributed by atoms with Crippen LogP contribution in [-0.4, -0.2) is 20.9 Å². The number of nitrogens with one attached hydrogen (secondary N) is 2. The number of nitrogens with zero attached hydrogens (tertiary/aromatic N) is 2. The van der Waals surface area contributed by atoms with E-state index in [0.717, 1.165) is 55.5 Å². The van der Waals surface area contributed by atoms with Gasteiger partial charge in [0.05, 0.1) is 11.1 Å². The SMILES string of the molecule is CCCc1ncccc1C(NC(=O)c1nc2c([nH]1)CCC=C2Cl)C1CC1. The second kappa shape index (κ2) is 7.23. The minimum Gasteiger partial charge on any atom is -0.342 e. The van der Waals surface area contributed by atoms with Crippen LogP contribution in [0.15, 0.2) is 24.4 Å². The number of hydrogen-bond donors (Lipinski definition) is 2. The number of amides is 1. The number of H-pyrrole nitrogens is 1. The van der Waals surface area contributed by atoms with Gasteiger partial charge in [0, 0.05) is 17.6 Å². The quantitative estimate of drug-likeness (QED) is 0.801. The lowest BCUT2D eigenvalue weighted by Crippen LogP contribution is -2.31. The Balaban J connectivity index is 1.58. The van der Waals surface area contributed by atoms with Crippen molar-refractivity contribution in [3.8, 4) is 0 Å². The van der Waals surface area contributed by atoms with Gasteiger partial charge in [0.2, 0.25) is 0 Å². The molecule has 2 aliphatic carbocycles. The Bertz CT molecular complexity index is 853. The number of aromatic nitrogens is 3. The third-order valence-corrected chi connectivity index (χ3v) is 5.40. The first-order chi connectivity index (χ1) is 12.7. The Labute approximate surface area is 158 Å². The maximum absolute atomic E-state index is 12.9. The van der Waals surface area contributed by atoms with Crippen molar-refractivity contribution >= 4 is 22.5 Å². The number of aryl methyl sites for hydroxylation is 2. The molecule has 136 valence electrons. The Morgan fingerprint density at radius 3 is 3.04 bits per heavy atom. The van der Waals surface area contributed by atoms with Crippen molar-refractivity contribution in [2.75, 3.05) is 0 Å². The Morgan fingerprint density at radius 2 is 2.31 bits per heavy atom. The largest absolute Gasteiger partial charge is 0.342 e. The lowest BCUT2D eigenvalue weighted by molar-refractivity contribution is 0.0921. The average Bonchev–Trinajstić information content (AvgIpc) is 3.38. The van der Waals surface area contributed by atoms with Crippen molar-refractivity contribution in [3.63, 3.8) is 0 Å². The molecule has 4 rings (SSSR count). The van der Waals surface area contributed by atoms with Crippen molar-refractivity contribution in [2.45, 2.75) is 51.5 Å². The second-order valence-corrected chi connectivity index (χ2v) is 7.49. The van der Waals surface area contributed by atoms with E-state index in [-0.39, 0.29) is 11.9 Å². The highest BCUT2D eigenvalue weighted by Gasteiger charge is 2.35. The van der Waals surface area contributed by atoms with E-state index < -0.39 is 0 Å². The van der Waals surface area contributed by atoms with Gasteiger partial charge in [-0.3, -0.25) is 9.78 Å². The summed E-state index contributed by atoms with van der Waals surface area (Å²) in [4.78, 5) is 25.0. The fourth-order valence-electron chi connectivity index (χ4n) is 3.60. The zero-order chi connectivity index (χ0) is 18.1. The Kier molecular flexibility index (Phi) is 4.81. The number of halogens is 1. The molecule has 0 spiro atoms. The van der Waals surface area contributed by atoms with Crippen LogP contribution in [0, 0.1) is 5.92 Å². The van der Waals surface area contributed by atoms with E-state index in [1.807, 2.05) is 18.3 Å². The molecule has 0 aliphatic heterocycles. The van der Waals surface area contributed by atoms with E-state index >= 15 is 0 Å². The fraction of sp³-hybridized carbons (Fsp3) is 0.450. The van der Waals surface area contributed by atoms with Crippen LogP contribution in [0.4, 0.5) is 0 Å². The zero-order valence-electron chi connectivity index (χ0n) is 14.9. The molecule has 6 heteroatoms. The van der Waals surface area contributed by atoms with Crippen LogP contribution >= 0.6 is 11.6 Å². The highest BCUT2D eigenvalue weighted by molar-refractivity contribution is 6.48. The van der Waals surface area contributed by atoms with Crippen molar-refractivity contribution < 1.29 is 4.79 Å². The molecule has 0 aromatic carbocycles. The van der Waals surface area contributed by atoms with E-state index in [0.29, 0.717) is 22.5 Å². The van der Waals surface area contributed by atoms with E-state index in [9.17, 15) is 4.79 Å². The number of pyridine rings is 1. The summed E-state index contributed by atoms with van der Waals surface area (Å²) in [5.74, 6) is 0.647. The zero-order valence-corrected chi connectivity index (χ0v) is 15.6. The van der Waals surface area contributed by atoms with Crippen LogP contribution < -0.4 is 5.32 Å². The highest BCUT2D eigenvalue weighted by atomic mass is 35.5. The number of carbonyl (C=O) groups is 1. The number of aromatic amines is 1. The minimum atomic E-state index is -0.174. The fourth-order valence-corrected chi connectivity index (χ4v) is 3.87. The Morgan fingerprint density at radius 1 is 1.46 bits per heavy atom. The molecule has 2 aromatic heterocycles. The number of imidazole rings is 1. The van der Waals surface area contributed by atoms with Gasteiger partial charge in [0.15, 0.2) is 5.82 Å². The predicted octanol–water partition coefficient (Wildman–Crippen LogP) is 4.16. The number of carbonyl (C=O) groups excluding carboxylic acids is 1. The number of allylic oxidation sites excluding steroid dienone is 1. The first-order valence-corrected chi connectivity index (χ1v) is 9.74. The van der Waals surface area contributed by atoms with Gasteiger partial charge in [-0.15, -0.1) is 0 Å². The van der Waals surface area contributed by atoms with Gasteiger partial charge in [-0.25, -0.2) is 4.98 Å². The van der Waals surface area contributed by atoms with Crippen LogP contribution in [0.25, 0.3) is 5.03 Å². The summed E-state index contributed by atoms with van der Waals surface area (Å²) >= 11 is 6.22. The van der Waals surface area contributed by atoms with Crippen LogP contribution in [0.1, 0.15) is 71.9 Å². The maximum atomic E-state index is 12.9. The second-order valence-electron chi connectivity index (χ2n) is 7.08. The summed E-state index contributed by atoms with van der Waals surface area (Å²) in [6.45, 7) is 2.15. The number of rotatable bonds is 6. The third kappa shape index (κ3) is 3.40. The van der Waals surface area contributed by atoms with Crippen molar-refractivity contribution in [1.82, 2.24) is 20.3 Å². The molecule has 2 N–H and O–H groups in total. The van der Waals surface area contributed by atoms with Gasteiger partial charge in [-0.2, -0.15) is 0 Å². The van der Waals surface area contributed by atoms with Crippen LogP contribution in [0.2, 0.25) is 0 Å². The minimum absolute atomic E-state index is 0.00843. The molecule has 2 aromatic rings. The van der Waals surface area contributed by atoms with Gasteiger partial charge in [-0.1, -0.05) is 37.1 Å². The topological polar surface area (TPSA) is 70.7 Å². The average molecular weight is 371 g/mol. The molecule has 2 aliphatic rings. The van der Waals surface area contributed by atoms with Crippen LogP contribution in [0.5, 0.6) is 0 Å². The van der Waals surface area contributed by atoms with E-state index in [1.54, 1.807) is 0 Å². The monoisotopic (exact) mass is 370 g/mol. The third-order valence-electron chi connectivity index (χ3n) is 5.07. The number of hydrogen-bond acceptors (Lipinski definition) is 3. The van der Waals surface area contributed by atoms with Gasteiger partial charge >= 0.3 is 0 Å². The molecule has 1 fully saturated rings. The summed E-state index contributed by atoms with van der Waals surface area (Å²) in [6.07, 6.45) is 9.71. The molecule has 1 unspecified atom stereocenters. The van der Waals surface area contributed by atoms with E-state index in [2.05, 4.69) is 33.3 Å². The Hall–Kier alpha value is -2.14. The normalized spacial score (nSPS) is 17.4. The van der Waals surface area contributed by atoms with Gasteiger partial charge in [-0.05, 0) is 49.7 Å². The molecule has 2 heterocycles. The summed E-state index contributed by atoms with van der Waals surface area (Å²) in [5.41, 5.74) is 3.87. The standard InChI is InChI=1S/C20H23ClN4O/c1-2-5-15-13(6-4-11-22-15)17(12-9-10-12)25-20(26)19-23-16-8-3-7-14(21)18(16)24-19/h4,6-7,11-12,17H,2-3,5,8-10H2,1H3,(H,23,24)(H,25,26). The lowest BCUT2D eigenvalue weighted by Gasteiger charge is -2.20. The summed E-state index contributed by atoms with van der Waals surface area (Å²) in [5, 5.41) is 3.82. The molecular formula is C20H23ClN4O. The van der Waals surface area contributed by atoms with E-state index in [1.165, 1.54) is 0 Å². The molecule has 1 saturated carbocycles. The summed E-state index contributed by atoms with van der Waals surface area (Å²) in [7, 11) is 0. The van der Waals surface area contributed by atoms with Gasteiger partial charge < -0.3 is 10.3 Å². The summed E-state index contributed by atoms with van der Waals surface area (Å²) in [6, 6.07) is 4.03. The molecule has 0 saturated heterocycles. The van der Waals surface area contributed by atoms with Crippen molar-refractivity contribution in [3.05, 3.63) is 52.9 Å². The lowest BCUT2D eigenvalue weighted by atomic mass is 9.98. The van der Waals surface area contributed by atoms with Crippen LogP contribution in [0.3, 0.4) is 0 Å². The molecule has 0 radical (unpaired) electrons. The van der Waals surface area contributed by atoms with Crippen molar-refractivity contribution in [1.29, 1.82) is 0 Å². The molecule has 1 amide bonds. The van der Waals surface area contributed by atoms with Gasteiger partial charge in [0.1, 0.15) is 5.69 Å². The predicted molar refractivity (Wildman–Crippen MR) is 102 cm³/mol. The van der Waals surface area contributed by atoms with Gasteiger partial charge in [0.25, 0.3) is 5.91 Å². The molecule has 26 heavy (non-hydrogen) atoms. The number of fused-ring (bicyclic) bond motifs is 1. The van der Waals surface area contributed by atoms with E-state index in [4.69, 9.17) is 11.6 Å². The molecule has 0 bridgehead atoms. The first kappa shape index (κ1) is 17.3. The highest BCUT2D eigenvalue weighted by Crippen LogP contribution is 2.42. The molecule has 1 atom stereocenters. The molecular weight excluding hydrogens is 348 g/mol. The maximum Gasteiger partial charge on any atom is 0.287 e. The van der Waals surface area contributed by atoms with Crippen molar-refractivity contribution in [2.24, 2.45) is 5.92 Å². The smallest absolute Gasteiger partial charge is 0.287 e. The first-order valence-electron chi connectivity index (χ1n) is 9.37. The van der Waals surface area contributed by atoms with Crippen LogP contribution in [-0.2, 0) is 12.8 Å².